The summed E-state index contributed by atoms with van der Waals surface area (Å²) >= 11 is 1.70. The molecule has 0 spiro atoms. The standard InChI is InChI=1S/C17H22N2O2S/c1-4-21-15-9-6-5-8-13(15)17(20)18-12-14(19(2)3)16-10-7-11-22-16/h5-11,14H,4,12H2,1-3H3,(H,18,20)/t14-/m0/s1. The van der Waals surface area contributed by atoms with Gasteiger partial charge in [-0.15, -0.1) is 11.3 Å². The highest BCUT2D eigenvalue weighted by atomic mass is 32.1. The van der Waals surface area contributed by atoms with E-state index in [4.69, 9.17) is 4.74 Å². The molecule has 1 aromatic heterocycles. The minimum atomic E-state index is -0.104. The molecule has 0 bridgehead atoms. The molecule has 1 amide bonds. The summed E-state index contributed by atoms with van der Waals surface area (Å²) in [5.74, 6) is 0.521. The average Bonchev–Trinajstić information content (AvgIpc) is 3.02. The highest BCUT2D eigenvalue weighted by Crippen LogP contribution is 2.23. The number of hydrogen-bond acceptors (Lipinski definition) is 4. The molecule has 0 radical (unpaired) electrons. The number of rotatable bonds is 7. The Hall–Kier alpha value is -1.85. The molecule has 1 atom stereocenters. The van der Waals surface area contributed by atoms with Crippen molar-refractivity contribution >= 4 is 17.2 Å². The van der Waals surface area contributed by atoms with Crippen LogP contribution in [0.5, 0.6) is 5.75 Å². The van der Waals surface area contributed by atoms with E-state index in [-0.39, 0.29) is 11.9 Å². The van der Waals surface area contributed by atoms with Crippen molar-refractivity contribution < 1.29 is 9.53 Å². The van der Waals surface area contributed by atoms with E-state index in [0.29, 0.717) is 24.5 Å². The van der Waals surface area contributed by atoms with Crippen molar-refractivity contribution in [3.8, 4) is 5.75 Å². The van der Waals surface area contributed by atoms with Crippen molar-refractivity contribution in [2.75, 3.05) is 27.2 Å². The van der Waals surface area contributed by atoms with Gasteiger partial charge in [0.2, 0.25) is 0 Å². The van der Waals surface area contributed by atoms with E-state index >= 15 is 0 Å². The Morgan fingerprint density at radius 2 is 2.05 bits per heavy atom. The Kier molecular flexibility index (Phi) is 5.98. The molecule has 0 saturated heterocycles. The Morgan fingerprint density at radius 3 is 2.68 bits per heavy atom. The second-order valence-corrected chi connectivity index (χ2v) is 6.11. The van der Waals surface area contributed by atoms with E-state index in [9.17, 15) is 4.79 Å². The smallest absolute Gasteiger partial charge is 0.255 e. The van der Waals surface area contributed by atoms with Crippen molar-refractivity contribution in [3.63, 3.8) is 0 Å². The van der Waals surface area contributed by atoms with Gasteiger partial charge in [-0.2, -0.15) is 0 Å². The molecule has 0 aliphatic rings. The predicted molar refractivity (Wildman–Crippen MR) is 90.7 cm³/mol. The first kappa shape index (κ1) is 16.5. The minimum absolute atomic E-state index is 0.104. The lowest BCUT2D eigenvalue weighted by atomic mass is 10.1. The van der Waals surface area contributed by atoms with Gasteiger partial charge in [0.25, 0.3) is 5.91 Å². The molecular weight excluding hydrogens is 296 g/mol. The third kappa shape index (κ3) is 4.08. The van der Waals surface area contributed by atoms with Gasteiger partial charge in [0, 0.05) is 11.4 Å². The Bertz CT molecular complexity index is 596. The fourth-order valence-electron chi connectivity index (χ4n) is 2.24. The van der Waals surface area contributed by atoms with E-state index in [1.807, 2.05) is 45.3 Å². The van der Waals surface area contributed by atoms with Crippen molar-refractivity contribution in [1.82, 2.24) is 10.2 Å². The Balaban J connectivity index is 2.06. The van der Waals surface area contributed by atoms with Crippen molar-refractivity contribution in [2.45, 2.75) is 13.0 Å². The van der Waals surface area contributed by atoms with Crippen LogP contribution in [-0.2, 0) is 0 Å². The molecule has 1 aromatic carbocycles. The molecule has 1 heterocycles. The largest absolute Gasteiger partial charge is 0.493 e. The van der Waals surface area contributed by atoms with Crippen LogP contribution in [0.2, 0.25) is 0 Å². The van der Waals surface area contributed by atoms with Gasteiger partial charge in [-0.05, 0) is 44.6 Å². The van der Waals surface area contributed by atoms with Gasteiger partial charge >= 0.3 is 0 Å². The van der Waals surface area contributed by atoms with Crippen LogP contribution in [0.4, 0.5) is 0 Å². The quantitative estimate of drug-likeness (QED) is 0.852. The number of benzene rings is 1. The summed E-state index contributed by atoms with van der Waals surface area (Å²) in [6.07, 6.45) is 0. The molecule has 1 N–H and O–H groups in total. The van der Waals surface area contributed by atoms with Gasteiger partial charge in [-0.1, -0.05) is 18.2 Å². The van der Waals surface area contributed by atoms with Crippen LogP contribution in [0.25, 0.3) is 0 Å². The molecular formula is C17H22N2O2S. The zero-order valence-corrected chi connectivity index (χ0v) is 14.0. The van der Waals surface area contributed by atoms with Crippen LogP contribution in [0.3, 0.4) is 0 Å². The monoisotopic (exact) mass is 318 g/mol. The molecule has 2 aromatic rings. The number of nitrogens with zero attached hydrogens (tertiary/aromatic N) is 1. The molecule has 118 valence electrons. The van der Waals surface area contributed by atoms with Crippen LogP contribution in [0.1, 0.15) is 28.2 Å². The number of para-hydroxylation sites is 1. The van der Waals surface area contributed by atoms with Crippen LogP contribution in [0.15, 0.2) is 41.8 Å². The SMILES string of the molecule is CCOc1ccccc1C(=O)NC[C@@H](c1cccs1)N(C)C. The fraction of sp³-hybridized carbons (Fsp3) is 0.353. The normalized spacial score (nSPS) is 12.2. The zero-order valence-electron chi connectivity index (χ0n) is 13.2. The summed E-state index contributed by atoms with van der Waals surface area (Å²) in [7, 11) is 4.04. The average molecular weight is 318 g/mol. The number of hydrogen-bond donors (Lipinski definition) is 1. The van der Waals surface area contributed by atoms with Crippen molar-refractivity contribution in [3.05, 3.63) is 52.2 Å². The van der Waals surface area contributed by atoms with Gasteiger partial charge < -0.3 is 15.0 Å². The maximum atomic E-state index is 12.4. The summed E-state index contributed by atoms with van der Waals surface area (Å²) in [6, 6.07) is 11.6. The molecule has 0 saturated carbocycles. The molecule has 22 heavy (non-hydrogen) atoms. The first-order chi connectivity index (χ1) is 10.6. The number of carbonyl (C=O) groups is 1. The molecule has 0 fully saturated rings. The van der Waals surface area contributed by atoms with E-state index in [1.165, 1.54) is 4.88 Å². The van der Waals surface area contributed by atoms with Gasteiger partial charge in [0.1, 0.15) is 5.75 Å². The van der Waals surface area contributed by atoms with Crippen LogP contribution in [-0.4, -0.2) is 38.1 Å². The molecule has 4 nitrogen and oxygen atoms in total. The predicted octanol–water partition coefficient (Wildman–Crippen LogP) is 3.18. The first-order valence-corrected chi connectivity index (χ1v) is 8.21. The number of carbonyl (C=O) groups excluding carboxylic acids is 1. The lowest BCUT2D eigenvalue weighted by Gasteiger charge is -2.23. The van der Waals surface area contributed by atoms with Crippen molar-refractivity contribution in [2.24, 2.45) is 0 Å². The van der Waals surface area contributed by atoms with Crippen molar-refractivity contribution in [1.29, 1.82) is 0 Å². The third-order valence-electron chi connectivity index (χ3n) is 3.38. The van der Waals surface area contributed by atoms with Gasteiger partial charge in [-0.3, -0.25) is 4.79 Å². The maximum Gasteiger partial charge on any atom is 0.255 e. The van der Waals surface area contributed by atoms with E-state index in [1.54, 1.807) is 17.4 Å². The summed E-state index contributed by atoms with van der Waals surface area (Å²) in [5.41, 5.74) is 0.577. The second-order valence-electron chi connectivity index (χ2n) is 5.13. The summed E-state index contributed by atoms with van der Waals surface area (Å²) in [5, 5.41) is 5.07. The number of ether oxygens (including phenoxy) is 1. The summed E-state index contributed by atoms with van der Waals surface area (Å²) in [4.78, 5) is 15.8. The van der Waals surface area contributed by atoms with E-state index in [2.05, 4.69) is 21.7 Å². The zero-order chi connectivity index (χ0) is 15.9. The molecule has 0 unspecified atom stereocenters. The molecule has 0 aliphatic heterocycles. The Labute approximate surface area is 135 Å². The lowest BCUT2D eigenvalue weighted by Crippen LogP contribution is -2.34. The number of nitrogens with one attached hydrogen (secondary N) is 1. The lowest BCUT2D eigenvalue weighted by molar-refractivity contribution is 0.0938. The number of thiophene rings is 1. The number of likely N-dealkylation sites (N-methyl/N-ethyl adjacent to an activating group) is 1. The molecule has 0 aliphatic carbocycles. The van der Waals surface area contributed by atoms with Gasteiger partial charge in [0.05, 0.1) is 18.2 Å². The van der Waals surface area contributed by atoms with Gasteiger partial charge in [-0.25, -0.2) is 0 Å². The third-order valence-corrected chi connectivity index (χ3v) is 4.36. The second kappa shape index (κ2) is 7.96. The highest BCUT2D eigenvalue weighted by molar-refractivity contribution is 7.10. The summed E-state index contributed by atoms with van der Waals surface area (Å²) in [6.45, 7) is 3.01. The van der Waals surface area contributed by atoms with Gasteiger partial charge in [0.15, 0.2) is 0 Å². The molecule has 2 rings (SSSR count). The van der Waals surface area contributed by atoms with E-state index in [0.717, 1.165) is 0 Å². The fourth-order valence-corrected chi connectivity index (χ4v) is 3.16. The first-order valence-electron chi connectivity index (χ1n) is 7.33. The number of amides is 1. The summed E-state index contributed by atoms with van der Waals surface area (Å²) < 4.78 is 5.52. The van der Waals surface area contributed by atoms with Crippen LogP contribution < -0.4 is 10.1 Å². The van der Waals surface area contributed by atoms with Crippen LogP contribution in [0, 0.1) is 0 Å². The van der Waals surface area contributed by atoms with E-state index < -0.39 is 0 Å². The minimum Gasteiger partial charge on any atom is -0.493 e. The maximum absolute atomic E-state index is 12.4. The molecule has 5 heteroatoms. The topological polar surface area (TPSA) is 41.6 Å². The Morgan fingerprint density at radius 1 is 1.27 bits per heavy atom. The highest BCUT2D eigenvalue weighted by Gasteiger charge is 2.18. The van der Waals surface area contributed by atoms with Crippen LogP contribution >= 0.6 is 11.3 Å².